The molecule has 0 aliphatic carbocycles. The van der Waals surface area contributed by atoms with E-state index in [9.17, 15) is 0 Å². The largest absolute Gasteiger partial charge is 0.330 e. The highest BCUT2D eigenvalue weighted by Crippen LogP contribution is 2.22. The summed E-state index contributed by atoms with van der Waals surface area (Å²) >= 11 is 5.97. The van der Waals surface area contributed by atoms with Crippen LogP contribution in [0, 0.1) is 12.8 Å². The second kappa shape index (κ2) is 5.95. The predicted molar refractivity (Wildman–Crippen MR) is 73.4 cm³/mol. The summed E-state index contributed by atoms with van der Waals surface area (Å²) in [4.78, 5) is 11.1. The van der Waals surface area contributed by atoms with Crippen LogP contribution in [0.2, 0.25) is 5.15 Å². The number of likely N-dealkylation sites (tertiary alicyclic amines) is 1. The molecular formula is C13H21ClN4. The van der Waals surface area contributed by atoms with E-state index in [1.807, 2.05) is 6.92 Å². The maximum absolute atomic E-state index is 5.97. The molecule has 2 rings (SSSR count). The summed E-state index contributed by atoms with van der Waals surface area (Å²) < 4.78 is 0. The molecular weight excluding hydrogens is 248 g/mol. The molecule has 0 bridgehead atoms. The van der Waals surface area contributed by atoms with Gasteiger partial charge in [0.1, 0.15) is 11.0 Å². The average Bonchev–Trinajstić information content (AvgIpc) is 2.30. The van der Waals surface area contributed by atoms with E-state index in [4.69, 9.17) is 17.3 Å². The Balaban J connectivity index is 2.06. The Labute approximate surface area is 114 Å². The second-order valence-corrected chi connectivity index (χ2v) is 5.59. The molecule has 1 aromatic heterocycles. The molecule has 2 unspecified atom stereocenters. The summed E-state index contributed by atoms with van der Waals surface area (Å²) in [5, 5.41) is 0.525. The summed E-state index contributed by atoms with van der Waals surface area (Å²) in [5.41, 5.74) is 6.69. The van der Waals surface area contributed by atoms with Crippen molar-refractivity contribution in [3.8, 4) is 0 Å². The summed E-state index contributed by atoms with van der Waals surface area (Å²) in [6.45, 7) is 6.76. The van der Waals surface area contributed by atoms with Gasteiger partial charge in [-0.05, 0) is 45.2 Å². The molecule has 2 heterocycles. The van der Waals surface area contributed by atoms with Crippen molar-refractivity contribution in [2.24, 2.45) is 11.7 Å². The van der Waals surface area contributed by atoms with Crippen molar-refractivity contribution < 1.29 is 0 Å². The fourth-order valence-electron chi connectivity index (χ4n) is 2.52. The van der Waals surface area contributed by atoms with E-state index in [2.05, 4.69) is 21.8 Å². The molecule has 100 valence electrons. The van der Waals surface area contributed by atoms with Gasteiger partial charge in [0.15, 0.2) is 0 Å². The third kappa shape index (κ3) is 3.40. The highest BCUT2D eigenvalue weighted by Gasteiger charge is 2.25. The first-order valence-electron chi connectivity index (χ1n) is 6.52. The highest BCUT2D eigenvalue weighted by atomic mass is 35.5. The SMILES string of the molecule is Cc1cc(Cl)nc(CN2CC(CN)CCC2C)n1. The Bertz CT molecular complexity index is 390. The summed E-state index contributed by atoms with van der Waals surface area (Å²) in [6.07, 6.45) is 2.42. The van der Waals surface area contributed by atoms with E-state index < -0.39 is 0 Å². The number of nitrogens with two attached hydrogens (primary N) is 1. The van der Waals surface area contributed by atoms with E-state index in [0.717, 1.165) is 31.2 Å². The number of aromatic nitrogens is 2. The van der Waals surface area contributed by atoms with E-state index in [-0.39, 0.29) is 0 Å². The molecule has 1 aliphatic rings. The molecule has 1 saturated heterocycles. The van der Waals surface area contributed by atoms with Gasteiger partial charge in [0, 0.05) is 18.3 Å². The fraction of sp³-hybridized carbons (Fsp3) is 0.692. The van der Waals surface area contributed by atoms with Crippen molar-refractivity contribution in [1.82, 2.24) is 14.9 Å². The van der Waals surface area contributed by atoms with Crippen LogP contribution in [0.25, 0.3) is 0 Å². The van der Waals surface area contributed by atoms with Crippen LogP contribution in [0.1, 0.15) is 31.3 Å². The molecule has 1 aromatic rings. The van der Waals surface area contributed by atoms with E-state index in [1.165, 1.54) is 12.8 Å². The Kier molecular flexibility index (Phi) is 4.54. The number of rotatable bonds is 3. The first-order chi connectivity index (χ1) is 8.58. The summed E-state index contributed by atoms with van der Waals surface area (Å²) in [5.74, 6) is 1.41. The van der Waals surface area contributed by atoms with Gasteiger partial charge in [-0.2, -0.15) is 0 Å². The number of hydrogen-bond acceptors (Lipinski definition) is 4. The maximum atomic E-state index is 5.97. The number of hydrogen-bond donors (Lipinski definition) is 1. The molecule has 1 aliphatic heterocycles. The molecule has 2 N–H and O–H groups in total. The minimum atomic E-state index is 0.525. The zero-order chi connectivity index (χ0) is 13.1. The monoisotopic (exact) mass is 268 g/mol. The number of halogens is 1. The first kappa shape index (κ1) is 13.7. The van der Waals surface area contributed by atoms with Crippen molar-refractivity contribution in [1.29, 1.82) is 0 Å². The van der Waals surface area contributed by atoms with Gasteiger partial charge < -0.3 is 5.73 Å². The van der Waals surface area contributed by atoms with Crippen LogP contribution in [0.5, 0.6) is 0 Å². The summed E-state index contributed by atoms with van der Waals surface area (Å²) in [7, 11) is 0. The Morgan fingerprint density at radius 1 is 1.44 bits per heavy atom. The zero-order valence-corrected chi connectivity index (χ0v) is 11.8. The van der Waals surface area contributed by atoms with Crippen molar-refractivity contribution >= 4 is 11.6 Å². The number of piperidine rings is 1. The van der Waals surface area contributed by atoms with E-state index in [1.54, 1.807) is 6.07 Å². The van der Waals surface area contributed by atoms with Gasteiger partial charge in [-0.25, -0.2) is 9.97 Å². The quantitative estimate of drug-likeness (QED) is 0.852. The topological polar surface area (TPSA) is 55.0 Å². The van der Waals surface area contributed by atoms with Crippen LogP contribution >= 0.6 is 11.6 Å². The van der Waals surface area contributed by atoms with Crippen LogP contribution in [0.3, 0.4) is 0 Å². The Morgan fingerprint density at radius 3 is 2.89 bits per heavy atom. The minimum Gasteiger partial charge on any atom is -0.330 e. The predicted octanol–water partition coefficient (Wildman–Crippen LogP) is 2.00. The van der Waals surface area contributed by atoms with Gasteiger partial charge in [-0.3, -0.25) is 4.90 Å². The van der Waals surface area contributed by atoms with Gasteiger partial charge >= 0.3 is 0 Å². The lowest BCUT2D eigenvalue weighted by Crippen LogP contribution is -2.43. The number of aryl methyl sites for hydroxylation is 1. The molecule has 1 fully saturated rings. The van der Waals surface area contributed by atoms with Crippen molar-refractivity contribution in [3.05, 3.63) is 22.7 Å². The van der Waals surface area contributed by atoms with E-state index >= 15 is 0 Å². The van der Waals surface area contributed by atoms with Gasteiger partial charge in [0.05, 0.1) is 6.54 Å². The smallest absolute Gasteiger partial charge is 0.144 e. The molecule has 0 radical (unpaired) electrons. The number of nitrogens with zero attached hydrogens (tertiary/aromatic N) is 3. The first-order valence-corrected chi connectivity index (χ1v) is 6.90. The fourth-order valence-corrected chi connectivity index (χ4v) is 2.77. The maximum Gasteiger partial charge on any atom is 0.144 e. The minimum absolute atomic E-state index is 0.525. The van der Waals surface area contributed by atoms with Crippen molar-refractivity contribution in [2.45, 2.75) is 39.3 Å². The Hall–Kier alpha value is -0.710. The molecule has 4 nitrogen and oxygen atoms in total. The van der Waals surface area contributed by atoms with Crippen LogP contribution in [-0.4, -0.2) is 34.0 Å². The molecule has 2 atom stereocenters. The zero-order valence-electron chi connectivity index (χ0n) is 11.1. The van der Waals surface area contributed by atoms with Crippen LogP contribution in [0.4, 0.5) is 0 Å². The van der Waals surface area contributed by atoms with Crippen LogP contribution in [0.15, 0.2) is 6.07 Å². The lowest BCUT2D eigenvalue weighted by Gasteiger charge is -2.37. The van der Waals surface area contributed by atoms with Crippen LogP contribution in [-0.2, 0) is 6.54 Å². The molecule has 0 amide bonds. The average molecular weight is 269 g/mol. The van der Waals surface area contributed by atoms with Gasteiger partial charge in [-0.15, -0.1) is 0 Å². The Morgan fingerprint density at radius 2 is 2.22 bits per heavy atom. The van der Waals surface area contributed by atoms with Gasteiger partial charge in [0.25, 0.3) is 0 Å². The third-order valence-corrected chi connectivity index (χ3v) is 3.85. The molecule has 0 spiro atoms. The second-order valence-electron chi connectivity index (χ2n) is 5.21. The third-order valence-electron chi connectivity index (χ3n) is 3.66. The normalized spacial score (nSPS) is 25.3. The molecule has 0 aromatic carbocycles. The van der Waals surface area contributed by atoms with Gasteiger partial charge in [-0.1, -0.05) is 11.6 Å². The van der Waals surface area contributed by atoms with E-state index in [0.29, 0.717) is 17.1 Å². The lowest BCUT2D eigenvalue weighted by atomic mass is 9.93. The van der Waals surface area contributed by atoms with Crippen molar-refractivity contribution in [2.75, 3.05) is 13.1 Å². The molecule has 18 heavy (non-hydrogen) atoms. The lowest BCUT2D eigenvalue weighted by molar-refractivity contribution is 0.110. The van der Waals surface area contributed by atoms with Crippen molar-refractivity contribution in [3.63, 3.8) is 0 Å². The standard InChI is InChI=1S/C13H21ClN4/c1-9-5-12(14)17-13(16-9)8-18-7-11(6-15)4-3-10(18)2/h5,10-11H,3-4,6-8,15H2,1-2H3. The van der Waals surface area contributed by atoms with Crippen LogP contribution < -0.4 is 5.73 Å². The van der Waals surface area contributed by atoms with Gasteiger partial charge in [0.2, 0.25) is 0 Å². The molecule has 0 saturated carbocycles. The molecule has 5 heteroatoms. The summed E-state index contributed by atoms with van der Waals surface area (Å²) in [6, 6.07) is 2.35. The highest BCUT2D eigenvalue weighted by molar-refractivity contribution is 6.29.